The molecule has 0 saturated heterocycles. The van der Waals surface area contributed by atoms with Crippen LogP contribution in [0, 0.1) is 20.8 Å². The van der Waals surface area contributed by atoms with Crippen molar-refractivity contribution in [3.05, 3.63) is 76.2 Å². The van der Waals surface area contributed by atoms with E-state index < -0.39 is 0 Å². The molecule has 0 saturated carbocycles. The number of para-hydroxylation sites is 1. The lowest BCUT2D eigenvalue weighted by Crippen LogP contribution is -2.28. The van der Waals surface area contributed by atoms with Crippen LogP contribution in [-0.2, 0) is 11.3 Å². The largest absolute Gasteiger partial charge is 0.323 e. The molecule has 8 heteroatoms. The van der Waals surface area contributed by atoms with E-state index in [2.05, 4.69) is 20.4 Å². The van der Waals surface area contributed by atoms with E-state index in [0.717, 1.165) is 17.0 Å². The number of hydrogen-bond acceptors (Lipinski definition) is 5. The Morgan fingerprint density at radius 3 is 2.62 bits per heavy atom. The number of fused-ring (bicyclic) bond motifs is 1. The maximum atomic E-state index is 12.6. The fraction of sp³-hybridized carbons (Fsp3) is 0.190. The number of aromatic nitrogens is 5. The van der Waals surface area contributed by atoms with Crippen LogP contribution in [0.25, 0.3) is 16.7 Å². The highest BCUT2D eigenvalue weighted by molar-refractivity contribution is 5.90. The molecular weight excluding hydrogens is 368 g/mol. The second-order valence-corrected chi connectivity index (χ2v) is 6.94. The topological polar surface area (TPSA) is 94.7 Å². The molecule has 3 heterocycles. The first-order valence-corrected chi connectivity index (χ1v) is 9.16. The van der Waals surface area contributed by atoms with Crippen molar-refractivity contribution in [2.75, 3.05) is 5.32 Å². The van der Waals surface area contributed by atoms with E-state index in [1.165, 1.54) is 10.9 Å². The van der Waals surface area contributed by atoms with E-state index in [4.69, 9.17) is 0 Å². The number of benzene rings is 1. The zero-order valence-electron chi connectivity index (χ0n) is 16.4. The minimum atomic E-state index is -0.332. The van der Waals surface area contributed by atoms with Crippen molar-refractivity contribution >= 4 is 22.5 Å². The fourth-order valence-electron chi connectivity index (χ4n) is 3.25. The van der Waals surface area contributed by atoms with E-state index in [1.54, 1.807) is 35.1 Å². The summed E-state index contributed by atoms with van der Waals surface area (Å²) < 4.78 is 3.04. The average molecular weight is 388 g/mol. The van der Waals surface area contributed by atoms with Crippen molar-refractivity contribution in [1.82, 2.24) is 24.3 Å². The molecule has 0 aliphatic rings. The van der Waals surface area contributed by atoms with E-state index in [9.17, 15) is 9.59 Å². The number of pyridine rings is 1. The van der Waals surface area contributed by atoms with Crippen LogP contribution in [0.2, 0.25) is 0 Å². The SMILES string of the molecule is Cc1cc(C)n(-c2ccc(NC(=O)Cn3cnc4c(C)cccc4c3=O)cn2)n1. The lowest BCUT2D eigenvalue weighted by atomic mass is 10.1. The smallest absolute Gasteiger partial charge is 0.261 e. The first-order chi connectivity index (χ1) is 13.9. The lowest BCUT2D eigenvalue weighted by Gasteiger charge is -2.09. The number of anilines is 1. The molecule has 0 aliphatic heterocycles. The predicted octanol–water partition coefficient (Wildman–Crippen LogP) is 2.54. The van der Waals surface area contributed by atoms with Gasteiger partial charge in [0, 0.05) is 5.69 Å². The van der Waals surface area contributed by atoms with Crippen LogP contribution < -0.4 is 10.9 Å². The highest BCUT2D eigenvalue weighted by atomic mass is 16.2. The molecule has 29 heavy (non-hydrogen) atoms. The van der Waals surface area contributed by atoms with E-state index in [0.29, 0.717) is 22.4 Å². The highest BCUT2D eigenvalue weighted by Gasteiger charge is 2.10. The fourth-order valence-corrected chi connectivity index (χ4v) is 3.25. The van der Waals surface area contributed by atoms with Crippen LogP contribution in [0.3, 0.4) is 0 Å². The maximum absolute atomic E-state index is 12.6. The summed E-state index contributed by atoms with van der Waals surface area (Å²) in [6.45, 7) is 5.64. The number of nitrogens with one attached hydrogen (secondary N) is 1. The van der Waals surface area contributed by atoms with Crippen molar-refractivity contribution in [2.24, 2.45) is 0 Å². The number of amides is 1. The number of carbonyl (C=O) groups excluding carboxylic acids is 1. The van der Waals surface area contributed by atoms with Crippen LogP contribution in [0.1, 0.15) is 17.0 Å². The van der Waals surface area contributed by atoms with Gasteiger partial charge in [-0.05, 0) is 50.6 Å². The second-order valence-electron chi connectivity index (χ2n) is 6.94. The van der Waals surface area contributed by atoms with Crippen LogP contribution in [-0.4, -0.2) is 30.2 Å². The van der Waals surface area contributed by atoms with Crippen molar-refractivity contribution in [2.45, 2.75) is 27.3 Å². The normalized spacial score (nSPS) is 11.0. The minimum absolute atomic E-state index is 0.130. The molecule has 0 unspecified atom stereocenters. The van der Waals surface area contributed by atoms with E-state index in [-0.39, 0.29) is 18.0 Å². The molecule has 1 aromatic carbocycles. The molecule has 0 aliphatic carbocycles. The molecule has 4 aromatic rings. The third-order valence-electron chi connectivity index (χ3n) is 4.63. The van der Waals surface area contributed by atoms with Crippen molar-refractivity contribution in [3.63, 3.8) is 0 Å². The summed E-state index contributed by atoms with van der Waals surface area (Å²) in [4.78, 5) is 33.7. The molecule has 0 atom stereocenters. The third-order valence-corrected chi connectivity index (χ3v) is 4.63. The molecule has 0 radical (unpaired) electrons. The molecule has 1 amide bonds. The zero-order chi connectivity index (χ0) is 20.5. The van der Waals surface area contributed by atoms with Gasteiger partial charge >= 0.3 is 0 Å². The summed E-state index contributed by atoms with van der Waals surface area (Å²) >= 11 is 0. The van der Waals surface area contributed by atoms with Gasteiger partial charge in [-0.15, -0.1) is 0 Å². The number of rotatable bonds is 4. The van der Waals surface area contributed by atoms with Gasteiger partial charge in [-0.3, -0.25) is 14.2 Å². The van der Waals surface area contributed by atoms with Crippen LogP contribution in [0.5, 0.6) is 0 Å². The molecule has 146 valence electrons. The Morgan fingerprint density at radius 1 is 1.10 bits per heavy atom. The number of aryl methyl sites for hydroxylation is 3. The maximum Gasteiger partial charge on any atom is 0.261 e. The Hall–Kier alpha value is -3.81. The van der Waals surface area contributed by atoms with Gasteiger partial charge in [-0.1, -0.05) is 12.1 Å². The Morgan fingerprint density at radius 2 is 1.93 bits per heavy atom. The summed E-state index contributed by atoms with van der Waals surface area (Å²) in [6, 6.07) is 10.9. The monoisotopic (exact) mass is 388 g/mol. The number of hydrogen-bond donors (Lipinski definition) is 1. The summed E-state index contributed by atoms with van der Waals surface area (Å²) in [5.41, 5.74) is 3.75. The molecule has 3 aromatic heterocycles. The lowest BCUT2D eigenvalue weighted by molar-refractivity contribution is -0.116. The number of nitrogens with zero attached hydrogens (tertiary/aromatic N) is 5. The van der Waals surface area contributed by atoms with Crippen LogP contribution in [0.15, 0.2) is 53.7 Å². The first kappa shape index (κ1) is 18.5. The molecule has 0 bridgehead atoms. The Balaban J connectivity index is 1.50. The van der Waals surface area contributed by atoms with Gasteiger partial charge in [0.05, 0.1) is 34.8 Å². The average Bonchev–Trinajstić information content (AvgIpc) is 3.03. The summed E-state index contributed by atoms with van der Waals surface area (Å²) in [7, 11) is 0. The van der Waals surface area contributed by atoms with Crippen molar-refractivity contribution in [3.8, 4) is 5.82 Å². The molecule has 0 spiro atoms. The van der Waals surface area contributed by atoms with Gasteiger partial charge < -0.3 is 5.32 Å². The van der Waals surface area contributed by atoms with Crippen LogP contribution in [0.4, 0.5) is 5.69 Å². The van der Waals surface area contributed by atoms with Gasteiger partial charge in [0.2, 0.25) is 5.91 Å². The van der Waals surface area contributed by atoms with Crippen molar-refractivity contribution < 1.29 is 4.79 Å². The Kier molecular flexibility index (Phi) is 4.67. The van der Waals surface area contributed by atoms with Gasteiger partial charge in [0.1, 0.15) is 6.54 Å². The Labute approximate surface area is 166 Å². The van der Waals surface area contributed by atoms with Gasteiger partial charge in [0.15, 0.2) is 5.82 Å². The van der Waals surface area contributed by atoms with E-state index in [1.807, 2.05) is 32.9 Å². The summed E-state index contributed by atoms with van der Waals surface area (Å²) in [5, 5.41) is 7.64. The van der Waals surface area contributed by atoms with Gasteiger partial charge in [-0.2, -0.15) is 5.10 Å². The standard InChI is InChI=1S/C21H20N6O2/c1-13-5-4-6-17-20(13)23-12-26(21(17)29)11-19(28)24-16-7-8-18(22-10-16)27-15(3)9-14(2)25-27/h4-10,12H,11H2,1-3H3,(H,24,28). The third kappa shape index (κ3) is 3.64. The minimum Gasteiger partial charge on any atom is -0.323 e. The second kappa shape index (κ2) is 7.31. The molecule has 8 nitrogen and oxygen atoms in total. The zero-order valence-corrected chi connectivity index (χ0v) is 16.4. The highest BCUT2D eigenvalue weighted by Crippen LogP contribution is 2.13. The molecule has 0 fully saturated rings. The summed E-state index contributed by atoms with van der Waals surface area (Å²) in [6.07, 6.45) is 2.97. The van der Waals surface area contributed by atoms with Crippen molar-refractivity contribution in [1.29, 1.82) is 0 Å². The first-order valence-electron chi connectivity index (χ1n) is 9.16. The van der Waals surface area contributed by atoms with Gasteiger partial charge in [-0.25, -0.2) is 14.6 Å². The Bertz CT molecular complexity index is 1270. The quantitative estimate of drug-likeness (QED) is 0.580. The number of carbonyl (C=O) groups is 1. The molecule has 1 N–H and O–H groups in total. The summed E-state index contributed by atoms with van der Waals surface area (Å²) in [5.74, 6) is 0.334. The van der Waals surface area contributed by atoms with E-state index >= 15 is 0 Å². The predicted molar refractivity (Wildman–Crippen MR) is 110 cm³/mol. The molecule has 4 rings (SSSR count). The van der Waals surface area contributed by atoms with Crippen LogP contribution >= 0.6 is 0 Å². The molecular formula is C21H20N6O2. The van der Waals surface area contributed by atoms with Gasteiger partial charge in [0.25, 0.3) is 5.56 Å².